The van der Waals surface area contributed by atoms with Gasteiger partial charge in [0.2, 0.25) is 0 Å². The van der Waals surface area contributed by atoms with E-state index in [-0.39, 0.29) is 11.6 Å². The molecule has 8 heteroatoms. The molecular weight excluding hydrogens is 472 g/mol. The van der Waals surface area contributed by atoms with E-state index in [1.807, 2.05) is 63.4 Å². The molecule has 4 aromatic rings. The standard InChI is InChI=1S/C26H27ClN2O4S/c1-6-18(29(25(31)32)26(2,3)4)14-7-9-15(10-8-14)20-19(33-5)13-17(27)22-21(20)16-11-12-34-23(16)24(30)28-22/h7-13,18H,6H2,1-5H3,(H,28,30)(H,31,32). The van der Waals surface area contributed by atoms with E-state index in [1.54, 1.807) is 13.2 Å². The molecule has 34 heavy (non-hydrogen) atoms. The summed E-state index contributed by atoms with van der Waals surface area (Å²) in [5.41, 5.74) is 2.47. The van der Waals surface area contributed by atoms with Crippen LogP contribution < -0.4 is 10.3 Å². The van der Waals surface area contributed by atoms with Crippen molar-refractivity contribution in [1.29, 1.82) is 0 Å². The number of halogens is 1. The van der Waals surface area contributed by atoms with Gasteiger partial charge in [-0.15, -0.1) is 11.3 Å². The van der Waals surface area contributed by atoms with Crippen LogP contribution in [0.15, 0.2) is 46.6 Å². The molecule has 0 bridgehead atoms. The number of carbonyl (C=O) groups is 1. The lowest BCUT2D eigenvalue weighted by Crippen LogP contribution is -2.47. The minimum Gasteiger partial charge on any atom is -0.496 e. The predicted octanol–water partition coefficient (Wildman–Crippen LogP) is 7.30. The highest BCUT2D eigenvalue weighted by Crippen LogP contribution is 2.43. The number of nitrogens with zero attached hydrogens (tertiary/aromatic N) is 1. The first-order chi connectivity index (χ1) is 16.1. The molecule has 1 unspecified atom stereocenters. The van der Waals surface area contributed by atoms with Crippen LogP contribution in [0, 0.1) is 0 Å². The van der Waals surface area contributed by atoms with Crippen molar-refractivity contribution in [2.75, 3.05) is 7.11 Å². The Morgan fingerprint density at radius 1 is 1.24 bits per heavy atom. The normalized spacial score (nSPS) is 12.8. The van der Waals surface area contributed by atoms with E-state index in [0.717, 1.165) is 27.5 Å². The maximum Gasteiger partial charge on any atom is 0.408 e. The van der Waals surface area contributed by atoms with Crippen molar-refractivity contribution in [3.63, 3.8) is 0 Å². The molecule has 0 fully saturated rings. The van der Waals surface area contributed by atoms with Crippen molar-refractivity contribution in [3.8, 4) is 16.9 Å². The van der Waals surface area contributed by atoms with Crippen molar-refractivity contribution < 1.29 is 14.6 Å². The molecule has 178 valence electrons. The quantitative estimate of drug-likeness (QED) is 0.302. The smallest absolute Gasteiger partial charge is 0.408 e. The second-order valence-electron chi connectivity index (χ2n) is 9.17. The molecule has 0 radical (unpaired) electrons. The summed E-state index contributed by atoms with van der Waals surface area (Å²) in [6.07, 6.45) is -0.301. The summed E-state index contributed by atoms with van der Waals surface area (Å²) >= 11 is 7.91. The van der Waals surface area contributed by atoms with Crippen LogP contribution in [0.25, 0.3) is 32.1 Å². The molecule has 0 saturated carbocycles. The van der Waals surface area contributed by atoms with Gasteiger partial charge in [-0.05, 0) is 49.8 Å². The van der Waals surface area contributed by atoms with Crippen LogP contribution in [0.3, 0.4) is 0 Å². The van der Waals surface area contributed by atoms with Gasteiger partial charge in [-0.1, -0.05) is 42.8 Å². The van der Waals surface area contributed by atoms with E-state index in [9.17, 15) is 14.7 Å². The third-order valence-corrected chi connectivity index (χ3v) is 7.26. The Kier molecular flexibility index (Phi) is 6.36. The first-order valence-corrected chi connectivity index (χ1v) is 12.3. The Labute approximate surface area is 206 Å². The summed E-state index contributed by atoms with van der Waals surface area (Å²) in [5.74, 6) is 0.596. The molecule has 0 saturated heterocycles. The second kappa shape index (κ2) is 8.96. The monoisotopic (exact) mass is 498 g/mol. The molecule has 2 aromatic heterocycles. The zero-order valence-electron chi connectivity index (χ0n) is 19.7. The van der Waals surface area contributed by atoms with E-state index >= 15 is 0 Å². The molecule has 1 amide bonds. The molecule has 0 aliphatic heterocycles. The lowest BCUT2D eigenvalue weighted by atomic mass is 9.93. The lowest BCUT2D eigenvalue weighted by Gasteiger charge is -2.39. The minimum atomic E-state index is -0.947. The number of ether oxygens (including phenoxy) is 1. The van der Waals surface area contributed by atoms with Gasteiger partial charge in [-0.3, -0.25) is 9.69 Å². The van der Waals surface area contributed by atoms with Crippen LogP contribution in [0.5, 0.6) is 5.75 Å². The number of aromatic amines is 1. The van der Waals surface area contributed by atoms with Gasteiger partial charge in [-0.25, -0.2) is 4.79 Å². The summed E-state index contributed by atoms with van der Waals surface area (Å²) in [6.45, 7) is 7.68. The summed E-state index contributed by atoms with van der Waals surface area (Å²) in [6, 6.07) is 11.2. The highest BCUT2D eigenvalue weighted by molar-refractivity contribution is 7.17. The Morgan fingerprint density at radius 2 is 1.91 bits per heavy atom. The maximum absolute atomic E-state index is 12.6. The fraction of sp³-hybridized carbons (Fsp3) is 0.308. The van der Waals surface area contributed by atoms with Crippen LogP contribution in [-0.4, -0.2) is 33.7 Å². The summed E-state index contributed by atoms with van der Waals surface area (Å²) < 4.78 is 6.33. The number of carboxylic acid groups (broad SMARTS) is 1. The molecular formula is C26H27ClN2O4S. The van der Waals surface area contributed by atoms with Crippen molar-refractivity contribution in [1.82, 2.24) is 9.88 Å². The fourth-order valence-electron chi connectivity index (χ4n) is 4.65. The minimum absolute atomic E-state index is 0.174. The van der Waals surface area contributed by atoms with Crippen LogP contribution >= 0.6 is 22.9 Å². The number of pyridine rings is 1. The Hall–Kier alpha value is -3.03. The lowest BCUT2D eigenvalue weighted by molar-refractivity contribution is 0.0682. The number of amides is 1. The maximum atomic E-state index is 12.6. The SMILES string of the molecule is CCC(c1ccc(-c2c(OC)cc(Cl)c3[nH]c(=O)c4sccc4c23)cc1)N(C(=O)O)C(C)(C)C. The van der Waals surface area contributed by atoms with Gasteiger partial charge in [0.25, 0.3) is 5.56 Å². The summed E-state index contributed by atoms with van der Waals surface area (Å²) in [5, 5.41) is 13.8. The van der Waals surface area contributed by atoms with Crippen molar-refractivity contribution in [3.05, 3.63) is 62.7 Å². The first-order valence-electron chi connectivity index (χ1n) is 11.0. The fourth-order valence-corrected chi connectivity index (χ4v) is 5.68. The summed E-state index contributed by atoms with van der Waals surface area (Å²) in [7, 11) is 1.59. The number of nitrogens with one attached hydrogen (secondary N) is 1. The van der Waals surface area contributed by atoms with E-state index in [0.29, 0.717) is 27.4 Å². The average molecular weight is 499 g/mol. The van der Waals surface area contributed by atoms with Crippen LogP contribution in [0.2, 0.25) is 5.02 Å². The molecule has 0 aliphatic rings. The second-order valence-corrected chi connectivity index (χ2v) is 10.5. The van der Waals surface area contributed by atoms with Crippen LogP contribution in [0.4, 0.5) is 4.79 Å². The first kappa shape index (κ1) is 24.1. The zero-order chi connectivity index (χ0) is 24.8. The van der Waals surface area contributed by atoms with Crippen molar-refractivity contribution in [2.24, 2.45) is 0 Å². The highest BCUT2D eigenvalue weighted by Gasteiger charge is 2.33. The van der Waals surface area contributed by atoms with Gasteiger partial charge >= 0.3 is 6.09 Å². The Balaban J connectivity index is 1.93. The predicted molar refractivity (Wildman–Crippen MR) is 140 cm³/mol. The van der Waals surface area contributed by atoms with Gasteiger partial charge in [0.15, 0.2) is 0 Å². The van der Waals surface area contributed by atoms with E-state index in [1.165, 1.54) is 16.2 Å². The molecule has 2 aromatic carbocycles. The van der Waals surface area contributed by atoms with E-state index < -0.39 is 11.6 Å². The van der Waals surface area contributed by atoms with Gasteiger partial charge in [0.05, 0.1) is 23.7 Å². The van der Waals surface area contributed by atoms with Crippen LogP contribution in [0.1, 0.15) is 45.7 Å². The Morgan fingerprint density at radius 3 is 2.47 bits per heavy atom. The molecule has 2 heterocycles. The van der Waals surface area contributed by atoms with Gasteiger partial charge in [0, 0.05) is 27.9 Å². The highest BCUT2D eigenvalue weighted by atomic mass is 35.5. The third-order valence-electron chi connectivity index (χ3n) is 6.05. The number of thiophene rings is 1. The van der Waals surface area contributed by atoms with Gasteiger partial charge < -0.3 is 14.8 Å². The van der Waals surface area contributed by atoms with E-state index in [4.69, 9.17) is 16.3 Å². The van der Waals surface area contributed by atoms with E-state index in [2.05, 4.69) is 4.98 Å². The third kappa shape index (κ3) is 4.03. The molecule has 4 rings (SSSR count). The van der Waals surface area contributed by atoms with Gasteiger partial charge in [0.1, 0.15) is 10.4 Å². The van der Waals surface area contributed by atoms with Crippen LogP contribution in [-0.2, 0) is 0 Å². The summed E-state index contributed by atoms with van der Waals surface area (Å²) in [4.78, 5) is 29.1. The molecule has 0 aliphatic carbocycles. The topological polar surface area (TPSA) is 82.6 Å². The number of rotatable bonds is 5. The zero-order valence-corrected chi connectivity index (χ0v) is 21.3. The molecule has 0 spiro atoms. The number of aromatic nitrogens is 1. The number of hydrogen-bond acceptors (Lipinski definition) is 4. The van der Waals surface area contributed by atoms with Crippen molar-refractivity contribution in [2.45, 2.75) is 45.7 Å². The molecule has 6 nitrogen and oxygen atoms in total. The number of H-pyrrole nitrogens is 1. The largest absolute Gasteiger partial charge is 0.496 e. The molecule has 2 N–H and O–H groups in total. The van der Waals surface area contributed by atoms with Crippen molar-refractivity contribution >= 4 is 50.0 Å². The number of methoxy groups -OCH3 is 1. The number of benzene rings is 2. The number of fused-ring (bicyclic) bond motifs is 3. The van der Waals surface area contributed by atoms with Gasteiger partial charge in [-0.2, -0.15) is 0 Å². The number of hydrogen-bond donors (Lipinski definition) is 2. The Bertz CT molecular complexity index is 1430. The average Bonchev–Trinajstić information content (AvgIpc) is 3.27. The molecule has 1 atom stereocenters.